The summed E-state index contributed by atoms with van der Waals surface area (Å²) in [6, 6.07) is 0. The first-order valence-corrected chi connectivity index (χ1v) is 8.82. The molecule has 2 aliphatic heterocycles. The Morgan fingerprint density at radius 1 is 1.26 bits per heavy atom. The van der Waals surface area contributed by atoms with E-state index in [4.69, 9.17) is 4.74 Å². The quantitative estimate of drug-likeness (QED) is 0.688. The molecular formula is C12H22N2O4S. The summed E-state index contributed by atoms with van der Waals surface area (Å²) in [6.45, 7) is 4.07. The van der Waals surface area contributed by atoms with E-state index < -0.39 is 9.84 Å². The van der Waals surface area contributed by atoms with E-state index >= 15 is 0 Å². The van der Waals surface area contributed by atoms with Crippen molar-refractivity contribution < 1.29 is 17.9 Å². The van der Waals surface area contributed by atoms with Crippen LogP contribution in [0.1, 0.15) is 12.8 Å². The molecule has 0 radical (unpaired) electrons. The zero-order chi connectivity index (χ0) is 13.9. The maximum Gasteiger partial charge on any atom is 0.251 e. The molecule has 6 nitrogen and oxygen atoms in total. The normalized spacial score (nSPS) is 25.7. The van der Waals surface area contributed by atoms with E-state index in [1.54, 1.807) is 0 Å². The number of piperazine rings is 1. The van der Waals surface area contributed by atoms with E-state index in [9.17, 15) is 13.2 Å². The van der Waals surface area contributed by atoms with Gasteiger partial charge in [-0.15, -0.1) is 0 Å². The maximum absolute atomic E-state index is 12.1. The highest BCUT2D eigenvalue weighted by atomic mass is 32.2. The van der Waals surface area contributed by atoms with Crippen LogP contribution >= 0.6 is 0 Å². The smallest absolute Gasteiger partial charge is 0.251 e. The maximum atomic E-state index is 12.1. The van der Waals surface area contributed by atoms with Crippen molar-refractivity contribution in [3.05, 3.63) is 0 Å². The standard InChI is InChI=1S/C12H22N2O4S/c1-19(16,17)10-8-13-4-6-14(7-5-13)12(15)11-3-2-9-18-11/h11H,2-10H2,1H3. The molecule has 1 unspecified atom stereocenters. The first-order valence-electron chi connectivity index (χ1n) is 6.76. The molecule has 19 heavy (non-hydrogen) atoms. The molecule has 0 aromatic heterocycles. The number of amides is 1. The van der Waals surface area contributed by atoms with E-state index in [0.717, 1.165) is 25.9 Å². The van der Waals surface area contributed by atoms with E-state index in [0.29, 0.717) is 26.2 Å². The first-order chi connectivity index (χ1) is 8.96. The highest BCUT2D eigenvalue weighted by molar-refractivity contribution is 7.90. The molecule has 2 saturated heterocycles. The van der Waals surface area contributed by atoms with E-state index in [2.05, 4.69) is 4.90 Å². The van der Waals surface area contributed by atoms with Gasteiger partial charge in [0.25, 0.3) is 5.91 Å². The highest BCUT2D eigenvalue weighted by Gasteiger charge is 2.30. The molecular weight excluding hydrogens is 268 g/mol. The number of nitrogens with zero attached hydrogens (tertiary/aromatic N) is 2. The molecule has 0 aromatic rings. The topological polar surface area (TPSA) is 66.9 Å². The minimum Gasteiger partial charge on any atom is -0.368 e. The van der Waals surface area contributed by atoms with Gasteiger partial charge in [0.1, 0.15) is 15.9 Å². The molecule has 2 aliphatic rings. The van der Waals surface area contributed by atoms with Gasteiger partial charge < -0.3 is 9.64 Å². The summed E-state index contributed by atoms with van der Waals surface area (Å²) in [5, 5.41) is 0. The Balaban J connectivity index is 1.74. The lowest BCUT2D eigenvalue weighted by Gasteiger charge is -2.35. The Morgan fingerprint density at radius 3 is 2.47 bits per heavy atom. The monoisotopic (exact) mass is 290 g/mol. The fourth-order valence-electron chi connectivity index (χ4n) is 2.46. The van der Waals surface area contributed by atoms with Crippen LogP contribution in [0.5, 0.6) is 0 Å². The van der Waals surface area contributed by atoms with Gasteiger partial charge in [-0.1, -0.05) is 0 Å². The molecule has 1 amide bonds. The van der Waals surface area contributed by atoms with Gasteiger partial charge in [-0.2, -0.15) is 0 Å². The lowest BCUT2D eigenvalue weighted by Crippen LogP contribution is -2.52. The fourth-order valence-corrected chi connectivity index (χ4v) is 3.05. The largest absolute Gasteiger partial charge is 0.368 e. The molecule has 2 rings (SSSR count). The van der Waals surface area contributed by atoms with E-state index in [-0.39, 0.29) is 17.8 Å². The number of sulfone groups is 1. The number of ether oxygens (including phenoxy) is 1. The van der Waals surface area contributed by atoms with E-state index in [1.165, 1.54) is 6.26 Å². The molecule has 0 aliphatic carbocycles. The van der Waals surface area contributed by atoms with Gasteiger partial charge >= 0.3 is 0 Å². The average molecular weight is 290 g/mol. The Hall–Kier alpha value is -0.660. The molecule has 0 spiro atoms. The van der Waals surface area contributed by atoms with Gasteiger partial charge in [0.2, 0.25) is 0 Å². The first kappa shape index (κ1) is 14.7. The van der Waals surface area contributed by atoms with E-state index in [1.807, 2.05) is 4.90 Å². The van der Waals surface area contributed by atoms with Crippen LogP contribution in [0, 0.1) is 0 Å². The van der Waals surface area contributed by atoms with Crippen LogP contribution in [0.4, 0.5) is 0 Å². The van der Waals surface area contributed by atoms with Crippen molar-refractivity contribution in [2.24, 2.45) is 0 Å². The van der Waals surface area contributed by atoms with Crippen LogP contribution in [-0.4, -0.2) is 81.6 Å². The second kappa shape index (κ2) is 6.19. The van der Waals surface area contributed by atoms with Crippen molar-refractivity contribution in [2.75, 3.05) is 51.3 Å². The SMILES string of the molecule is CS(=O)(=O)CCN1CCN(C(=O)C2CCCO2)CC1. The molecule has 0 bridgehead atoms. The molecule has 0 N–H and O–H groups in total. The number of hydrogen-bond donors (Lipinski definition) is 0. The third-order valence-electron chi connectivity index (χ3n) is 3.67. The predicted octanol–water partition coefficient (Wildman–Crippen LogP) is -0.646. The Morgan fingerprint density at radius 2 is 1.95 bits per heavy atom. The number of hydrogen-bond acceptors (Lipinski definition) is 5. The van der Waals surface area contributed by atoms with Gasteiger partial charge in [-0.3, -0.25) is 9.69 Å². The predicted molar refractivity (Wildman–Crippen MR) is 71.7 cm³/mol. The van der Waals surface area contributed by atoms with Gasteiger partial charge in [-0.25, -0.2) is 8.42 Å². The molecule has 2 heterocycles. The molecule has 2 fully saturated rings. The summed E-state index contributed by atoms with van der Waals surface area (Å²) >= 11 is 0. The Kier molecular flexibility index (Phi) is 4.81. The van der Waals surface area contributed by atoms with Crippen molar-refractivity contribution in [2.45, 2.75) is 18.9 Å². The van der Waals surface area contributed by atoms with Gasteiger partial charge in [0, 0.05) is 45.6 Å². The number of carbonyl (C=O) groups is 1. The highest BCUT2D eigenvalue weighted by Crippen LogP contribution is 2.15. The Bertz CT molecular complexity index is 409. The zero-order valence-electron chi connectivity index (χ0n) is 11.4. The van der Waals surface area contributed by atoms with Crippen LogP contribution in [0.2, 0.25) is 0 Å². The van der Waals surface area contributed by atoms with Crippen LogP contribution in [-0.2, 0) is 19.4 Å². The molecule has 7 heteroatoms. The average Bonchev–Trinajstić information content (AvgIpc) is 2.89. The summed E-state index contributed by atoms with van der Waals surface area (Å²) in [5.41, 5.74) is 0. The molecule has 1 atom stereocenters. The summed E-state index contributed by atoms with van der Waals surface area (Å²) in [4.78, 5) is 16.0. The van der Waals surface area contributed by atoms with Crippen molar-refractivity contribution in [1.82, 2.24) is 9.80 Å². The minimum atomic E-state index is -2.91. The summed E-state index contributed by atoms with van der Waals surface area (Å²) < 4.78 is 27.6. The van der Waals surface area contributed by atoms with Crippen molar-refractivity contribution in [1.29, 1.82) is 0 Å². The van der Waals surface area contributed by atoms with Crippen molar-refractivity contribution >= 4 is 15.7 Å². The third kappa shape index (κ3) is 4.43. The van der Waals surface area contributed by atoms with Crippen LogP contribution in [0.15, 0.2) is 0 Å². The summed E-state index contributed by atoms with van der Waals surface area (Å²) in [7, 11) is -2.91. The lowest BCUT2D eigenvalue weighted by molar-refractivity contribution is -0.142. The summed E-state index contributed by atoms with van der Waals surface area (Å²) in [6.07, 6.45) is 2.80. The number of carbonyl (C=O) groups excluding carboxylic acids is 1. The number of rotatable bonds is 4. The summed E-state index contributed by atoms with van der Waals surface area (Å²) in [5.74, 6) is 0.285. The van der Waals surface area contributed by atoms with Gasteiger partial charge in [0.15, 0.2) is 0 Å². The van der Waals surface area contributed by atoms with Crippen LogP contribution in [0.25, 0.3) is 0 Å². The Labute approximate surface area is 114 Å². The van der Waals surface area contributed by atoms with Crippen molar-refractivity contribution in [3.63, 3.8) is 0 Å². The van der Waals surface area contributed by atoms with Gasteiger partial charge in [0.05, 0.1) is 5.75 Å². The lowest BCUT2D eigenvalue weighted by atomic mass is 10.2. The minimum absolute atomic E-state index is 0.0975. The van der Waals surface area contributed by atoms with Crippen molar-refractivity contribution in [3.8, 4) is 0 Å². The van der Waals surface area contributed by atoms with Crippen LogP contribution in [0.3, 0.4) is 0 Å². The third-order valence-corrected chi connectivity index (χ3v) is 4.59. The molecule has 110 valence electrons. The molecule has 0 saturated carbocycles. The zero-order valence-corrected chi connectivity index (χ0v) is 12.2. The molecule has 0 aromatic carbocycles. The fraction of sp³-hybridized carbons (Fsp3) is 0.917. The second-order valence-corrected chi connectivity index (χ2v) is 7.56. The second-order valence-electron chi connectivity index (χ2n) is 5.30. The van der Waals surface area contributed by atoms with Crippen LogP contribution < -0.4 is 0 Å². The van der Waals surface area contributed by atoms with Gasteiger partial charge in [-0.05, 0) is 12.8 Å².